The van der Waals surface area contributed by atoms with Gasteiger partial charge in [0, 0.05) is 16.8 Å². The molecule has 1 atom stereocenters. The van der Waals surface area contributed by atoms with Crippen LogP contribution in [0.3, 0.4) is 0 Å². The number of fused-ring (bicyclic) bond motifs is 1. The molecule has 2 aromatic carbocycles. The van der Waals surface area contributed by atoms with Crippen molar-refractivity contribution < 1.29 is 18.7 Å². The first kappa shape index (κ1) is 17.0. The second kappa shape index (κ2) is 5.88. The molecule has 0 saturated carbocycles. The highest BCUT2D eigenvalue weighted by atomic mass is 19.1. The molecule has 1 unspecified atom stereocenters. The fraction of sp³-hybridized carbons (Fsp3) is 0.263. The van der Waals surface area contributed by atoms with Gasteiger partial charge in [-0.2, -0.15) is 0 Å². The van der Waals surface area contributed by atoms with Crippen molar-refractivity contribution >= 4 is 17.6 Å². The lowest BCUT2D eigenvalue weighted by Crippen LogP contribution is -2.55. The Bertz CT molecular complexity index is 845. The molecule has 2 aromatic rings. The summed E-state index contributed by atoms with van der Waals surface area (Å²) < 4.78 is 19.0. The molecular weight excluding hydrogens is 323 g/mol. The van der Waals surface area contributed by atoms with Crippen LogP contribution in [0.15, 0.2) is 48.5 Å². The number of rotatable bonds is 3. The lowest BCUT2D eigenvalue weighted by atomic mass is 9.97. The Hall–Kier alpha value is -2.89. The Kier molecular flexibility index (Phi) is 3.99. The summed E-state index contributed by atoms with van der Waals surface area (Å²) in [7, 11) is 0. The molecular formula is C19H19FN2O3. The second-order valence-electron chi connectivity index (χ2n) is 6.96. The standard InChI is InChI=1S/C19H19FN2O3/c1-18(2,3)22-17(24)19(21-13-8-6-7-12(20)11-13)15-10-5-4-9-14(15)16(23)25-19/h4-11,21H,1-3H3,(H,22,24). The van der Waals surface area contributed by atoms with Crippen LogP contribution in [0.1, 0.15) is 36.7 Å². The largest absolute Gasteiger partial charge is 0.421 e. The molecule has 3 rings (SSSR count). The van der Waals surface area contributed by atoms with E-state index < -0.39 is 29.0 Å². The van der Waals surface area contributed by atoms with Crippen molar-refractivity contribution in [2.24, 2.45) is 0 Å². The van der Waals surface area contributed by atoms with Crippen LogP contribution in [0.2, 0.25) is 0 Å². The molecule has 0 radical (unpaired) electrons. The van der Waals surface area contributed by atoms with Crippen molar-refractivity contribution in [2.75, 3.05) is 5.32 Å². The molecule has 5 nitrogen and oxygen atoms in total. The Balaban J connectivity index is 2.10. The summed E-state index contributed by atoms with van der Waals surface area (Å²) in [5.41, 5.74) is -1.28. The minimum atomic E-state index is -1.76. The first-order valence-corrected chi connectivity index (χ1v) is 7.90. The lowest BCUT2D eigenvalue weighted by Gasteiger charge is -2.33. The smallest absolute Gasteiger partial charge is 0.341 e. The van der Waals surface area contributed by atoms with E-state index in [9.17, 15) is 14.0 Å². The normalized spacial score (nSPS) is 19.1. The summed E-state index contributed by atoms with van der Waals surface area (Å²) in [4.78, 5) is 25.3. The number of esters is 1. The zero-order chi connectivity index (χ0) is 18.2. The van der Waals surface area contributed by atoms with Crippen LogP contribution in [-0.2, 0) is 15.3 Å². The van der Waals surface area contributed by atoms with Crippen molar-refractivity contribution in [2.45, 2.75) is 32.0 Å². The van der Waals surface area contributed by atoms with Gasteiger partial charge in [0.2, 0.25) is 0 Å². The second-order valence-corrected chi connectivity index (χ2v) is 6.96. The Morgan fingerprint density at radius 1 is 1.12 bits per heavy atom. The predicted molar refractivity (Wildman–Crippen MR) is 91.5 cm³/mol. The van der Waals surface area contributed by atoms with Gasteiger partial charge in [-0.1, -0.05) is 24.3 Å². The molecule has 1 amide bonds. The zero-order valence-corrected chi connectivity index (χ0v) is 14.2. The third-order valence-electron chi connectivity index (χ3n) is 3.73. The van der Waals surface area contributed by atoms with E-state index in [0.717, 1.165) is 0 Å². The number of cyclic esters (lactones) is 1. The maximum absolute atomic E-state index is 13.6. The van der Waals surface area contributed by atoms with Crippen molar-refractivity contribution in [1.82, 2.24) is 5.32 Å². The van der Waals surface area contributed by atoms with Gasteiger partial charge in [-0.3, -0.25) is 4.79 Å². The number of ether oxygens (including phenoxy) is 1. The van der Waals surface area contributed by atoms with E-state index in [1.807, 2.05) is 20.8 Å². The molecule has 1 heterocycles. The van der Waals surface area contributed by atoms with E-state index in [2.05, 4.69) is 10.6 Å². The number of hydrogen-bond donors (Lipinski definition) is 2. The third-order valence-corrected chi connectivity index (χ3v) is 3.73. The predicted octanol–water partition coefficient (Wildman–Crippen LogP) is 3.18. The van der Waals surface area contributed by atoms with Crippen LogP contribution < -0.4 is 10.6 Å². The molecule has 1 aliphatic heterocycles. The fourth-order valence-electron chi connectivity index (χ4n) is 2.73. The fourth-order valence-corrected chi connectivity index (χ4v) is 2.73. The number of anilines is 1. The van der Waals surface area contributed by atoms with Crippen molar-refractivity contribution in [3.05, 3.63) is 65.5 Å². The molecule has 0 aromatic heterocycles. The number of benzene rings is 2. The van der Waals surface area contributed by atoms with Crippen LogP contribution in [0.5, 0.6) is 0 Å². The molecule has 6 heteroatoms. The summed E-state index contributed by atoms with van der Waals surface area (Å²) in [5.74, 6) is -1.60. The highest BCUT2D eigenvalue weighted by Gasteiger charge is 2.52. The van der Waals surface area contributed by atoms with E-state index in [1.165, 1.54) is 18.2 Å². The van der Waals surface area contributed by atoms with Gasteiger partial charge in [0.1, 0.15) is 5.82 Å². The summed E-state index contributed by atoms with van der Waals surface area (Å²) >= 11 is 0. The van der Waals surface area contributed by atoms with Gasteiger partial charge in [0.15, 0.2) is 0 Å². The number of carbonyl (C=O) groups excluding carboxylic acids is 2. The van der Waals surface area contributed by atoms with E-state index in [0.29, 0.717) is 16.8 Å². The lowest BCUT2D eigenvalue weighted by molar-refractivity contribution is -0.139. The van der Waals surface area contributed by atoms with Crippen molar-refractivity contribution in [1.29, 1.82) is 0 Å². The van der Waals surface area contributed by atoms with Crippen LogP contribution in [-0.4, -0.2) is 17.4 Å². The quantitative estimate of drug-likeness (QED) is 0.841. The molecule has 25 heavy (non-hydrogen) atoms. The highest BCUT2D eigenvalue weighted by molar-refractivity contribution is 6.03. The molecule has 0 aliphatic carbocycles. The minimum Gasteiger partial charge on any atom is -0.421 e. The van der Waals surface area contributed by atoms with Gasteiger partial charge in [-0.15, -0.1) is 0 Å². The van der Waals surface area contributed by atoms with Gasteiger partial charge in [0.25, 0.3) is 11.6 Å². The Morgan fingerprint density at radius 2 is 1.84 bits per heavy atom. The molecule has 0 saturated heterocycles. The monoisotopic (exact) mass is 342 g/mol. The topological polar surface area (TPSA) is 67.4 Å². The number of halogens is 1. The zero-order valence-electron chi connectivity index (χ0n) is 14.2. The summed E-state index contributed by atoms with van der Waals surface area (Å²) in [5, 5.41) is 5.73. The highest BCUT2D eigenvalue weighted by Crippen LogP contribution is 2.38. The van der Waals surface area contributed by atoms with Gasteiger partial charge in [0.05, 0.1) is 5.56 Å². The van der Waals surface area contributed by atoms with Gasteiger partial charge in [-0.25, -0.2) is 9.18 Å². The maximum atomic E-state index is 13.6. The first-order chi connectivity index (χ1) is 11.7. The SMILES string of the molecule is CC(C)(C)NC(=O)C1(Nc2cccc(F)c2)OC(=O)c2ccccc21. The number of nitrogens with one attached hydrogen (secondary N) is 2. The van der Waals surface area contributed by atoms with Gasteiger partial charge >= 0.3 is 5.97 Å². The maximum Gasteiger partial charge on any atom is 0.341 e. The van der Waals surface area contributed by atoms with E-state index in [1.54, 1.807) is 30.3 Å². The van der Waals surface area contributed by atoms with E-state index in [4.69, 9.17) is 4.74 Å². The van der Waals surface area contributed by atoms with Crippen LogP contribution in [0, 0.1) is 5.82 Å². The summed E-state index contributed by atoms with van der Waals surface area (Å²) in [6.07, 6.45) is 0. The average Bonchev–Trinajstić information content (AvgIpc) is 2.80. The Morgan fingerprint density at radius 3 is 2.52 bits per heavy atom. The van der Waals surface area contributed by atoms with Gasteiger partial charge in [-0.05, 0) is 45.0 Å². The first-order valence-electron chi connectivity index (χ1n) is 7.90. The Labute approximate surface area is 145 Å². The van der Waals surface area contributed by atoms with E-state index >= 15 is 0 Å². The number of amides is 1. The minimum absolute atomic E-state index is 0.301. The van der Waals surface area contributed by atoms with Crippen LogP contribution >= 0.6 is 0 Å². The molecule has 0 spiro atoms. The van der Waals surface area contributed by atoms with E-state index in [-0.39, 0.29) is 0 Å². The third kappa shape index (κ3) is 3.20. The molecule has 1 aliphatic rings. The summed E-state index contributed by atoms with van der Waals surface area (Å²) in [6.45, 7) is 5.47. The summed E-state index contributed by atoms with van der Waals surface area (Å²) in [6, 6.07) is 12.3. The molecule has 2 N–H and O–H groups in total. The molecule has 130 valence electrons. The average molecular weight is 342 g/mol. The van der Waals surface area contributed by atoms with Gasteiger partial charge < -0.3 is 15.4 Å². The number of carbonyl (C=O) groups is 2. The number of hydrogen-bond acceptors (Lipinski definition) is 4. The van der Waals surface area contributed by atoms with Crippen molar-refractivity contribution in [3.8, 4) is 0 Å². The molecule has 0 fully saturated rings. The van der Waals surface area contributed by atoms with Crippen molar-refractivity contribution in [3.63, 3.8) is 0 Å². The van der Waals surface area contributed by atoms with Crippen LogP contribution in [0.4, 0.5) is 10.1 Å². The van der Waals surface area contributed by atoms with Crippen LogP contribution in [0.25, 0.3) is 0 Å². The molecule has 0 bridgehead atoms.